The van der Waals surface area contributed by atoms with Crippen LogP contribution in [0.3, 0.4) is 0 Å². The number of esters is 1. The van der Waals surface area contributed by atoms with Crippen molar-refractivity contribution in [2.45, 2.75) is 46.0 Å². The van der Waals surface area contributed by atoms with Gasteiger partial charge in [-0.3, -0.25) is 4.79 Å². The Hall–Kier alpha value is -2.54. The molecule has 29 heavy (non-hydrogen) atoms. The predicted molar refractivity (Wildman–Crippen MR) is 112 cm³/mol. The van der Waals surface area contributed by atoms with Gasteiger partial charge in [0.15, 0.2) is 0 Å². The monoisotopic (exact) mass is 420 g/mol. The van der Waals surface area contributed by atoms with Crippen molar-refractivity contribution in [1.29, 1.82) is 0 Å². The van der Waals surface area contributed by atoms with Crippen LogP contribution in [-0.4, -0.2) is 27.2 Å². The quantitative estimate of drug-likeness (QED) is 0.317. The third kappa shape index (κ3) is 7.42. The highest BCUT2D eigenvalue weighted by Gasteiger charge is 2.15. The van der Waals surface area contributed by atoms with Crippen LogP contribution in [0.1, 0.15) is 50.2 Å². The molecule has 2 aromatic rings. The zero-order valence-corrected chi connectivity index (χ0v) is 18.1. The number of carbonyl (C=O) groups is 1. The molecular formula is C22H28O6S. The summed E-state index contributed by atoms with van der Waals surface area (Å²) in [7, 11) is -3.55. The Labute approximate surface area is 172 Å². The highest BCUT2D eigenvalue weighted by Crippen LogP contribution is 2.28. The molecule has 0 aromatic heterocycles. The maximum absolute atomic E-state index is 11.9. The molecule has 1 unspecified atom stereocenters. The van der Waals surface area contributed by atoms with Gasteiger partial charge < -0.3 is 13.7 Å². The van der Waals surface area contributed by atoms with E-state index in [9.17, 15) is 13.2 Å². The van der Waals surface area contributed by atoms with Gasteiger partial charge in [-0.25, -0.2) is 0 Å². The second kappa shape index (κ2) is 10.3. The molecule has 0 amide bonds. The minimum Gasteiger partial charge on any atom is -0.493 e. The van der Waals surface area contributed by atoms with Crippen LogP contribution < -0.4 is 13.7 Å². The number of hydrogen-bond acceptors (Lipinski definition) is 6. The number of unbranched alkanes of at least 4 members (excludes halogenated alkanes) is 1. The topological polar surface area (TPSA) is 78.9 Å². The molecular weight excluding hydrogens is 392 g/mol. The van der Waals surface area contributed by atoms with E-state index in [4.69, 9.17) is 13.7 Å². The fourth-order valence-electron chi connectivity index (χ4n) is 2.85. The number of benzene rings is 2. The van der Waals surface area contributed by atoms with E-state index in [2.05, 4.69) is 0 Å². The second-order valence-corrected chi connectivity index (χ2v) is 8.59. The van der Waals surface area contributed by atoms with Crippen molar-refractivity contribution in [1.82, 2.24) is 0 Å². The lowest BCUT2D eigenvalue weighted by Crippen LogP contribution is -2.12. The lowest BCUT2D eigenvalue weighted by atomic mass is 9.96. The molecule has 0 spiro atoms. The summed E-state index contributed by atoms with van der Waals surface area (Å²) in [5.41, 5.74) is 1.97. The standard InChI is InChI=1S/C22H28O6S/c1-5-6-10-22(23)27-21-9-7-8-20(17(21)3)16(2)15-26-18-11-13-19(14-12-18)28-29(4,24)25/h7-9,11-14,16H,5-6,10,15H2,1-4H3. The van der Waals surface area contributed by atoms with Gasteiger partial charge in [-0.05, 0) is 54.8 Å². The first-order valence-electron chi connectivity index (χ1n) is 9.62. The highest BCUT2D eigenvalue weighted by atomic mass is 32.2. The smallest absolute Gasteiger partial charge is 0.311 e. The van der Waals surface area contributed by atoms with Crippen molar-refractivity contribution in [3.63, 3.8) is 0 Å². The van der Waals surface area contributed by atoms with Crippen molar-refractivity contribution in [2.24, 2.45) is 0 Å². The summed E-state index contributed by atoms with van der Waals surface area (Å²) in [5, 5.41) is 0. The SMILES string of the molecule is CCCCC(=O)Oc1cccc(C(C)COc2ccc(OS(C)(=O)=O)cc2)c1C. The zero-order chi connectivity index (χ0) is 21.4. The van der Waals surface area contributed by atoms with Crippen molar-refractivity contribution >= 4 is 16.1 Å². The Morgan fingerprint density at radius 1 is 1.07 bits per heavy atom. The Morgan fingerprint density at radius 2 is 1.72 bits per heavy atom. The predicted octanol–water partition coefficient (Wildman–Crippen LogP) is 4.61. The van der Waals surface area contributed by atoms with Crippen molar-refractivity contribution in [2.75, 3.05) is 12.9 Å². The van der Waals surface area contributed by atoms with Gasteiger partial charge in [-0.15, -0.1) is 0 Å². The highest BCUT2D eigenvalue weighted by molar-refractivity contribution is 7.86. The first kappa shape index (κ1) is 22.7. The summed E-state index contributed by atoms with van der Waals surface area (Å²) in [6.45, 7) is 6.42. The molecule has 0 radical (unpaired) electrons. The van der Waals surface area contributed by atoms with Gasteiger partial charge in [0.2, 0.25) is 0 Å². The van der Waals surface area contributed by atoms with Gasteiger partial charge in [-0.2, -0.15) is 8.42 Å². The first-order valence-corrected chi connectivity index (χ1v) is 11.4. The van der Waals surface area contributed by atoms with E-state index in [1.165, 1.54) is 0 Å². The average molecular weight is 421 g/mol. The van der Waals surface area contributed by atoms with Crippen LogP contribution in [0.25, 0.3) is 0 Å². The molecule has 7 heteroatoms. The summed E-state index contributed by atoms with van der Waals surface area (Å²) in [5.74, 6) is 1.28. The molecule has 2 rings (SSSR count). The Bertz CT molecular complexity index is 919. The van der Waals surface area contributed by atoms with Gasteiger partial charge >= 0.3 is 16.1 Å². The van der Waals surface area contributed by atoms with E-state index >= 15 is 0 Å². The third-order valence-corrected chi connectivity index (χ3v) is 4.88. The summed E-state index contributed by atoms with van der Waals surface area (Å²) >= 11 is 0. The number of hydrogen-bond donors (Lipinski definition) is 0. The van der Waals surface area contributed by atoms with E-state index in [0.717, 1.165) is 30.2 Å². The van der Waals surface area contributed by atoms with Crippen LogP contribution in [0.4, 0.5) is 0 Å². The Balaban J connectivity index is 1.99. The third-order valence-electron chi connectivity index (χ3n) is 4.39. The summed E-state index contributed by atoms with van der Waals surface area (Å²) in [6, 6.07) is 12.1. The number of carbonyl (C=O) groups excluding carboxylic acids is 1. The molecule has 0 saturated heterocycles. The molecule has 0 fully saturated rings. The van der Waals surface area contributed by atoms with Crippen molar-refractivity contribution in [3.05, 3.63) is 53.6 Å². The normalized spacial score (nSPS) is 12.3. The van der Waals surface area contributed by atoms with E-state index in [0.29, 0.717) is 24.5 Å². The lowest BCUT2D eigenvalue weighted by Gasteiger charge is -2.18. The fourth-order valence-corrected chi connectivity index (χ4v) is 3.31. The van der Waals surface area contributed by atoms with E-state index in [-0.39, 0.29) is 17.6 Å². The van der Waals surface area contributed by atoms with E-state index < -0.39 is 10.1 Å². The molecule has 0 N–H and O–H groups in total. The average Bonchev–Trinajstić information content (AvgIpc) is 2.66. The Kier molecular flexibility index (Phi) is 8.08. The minimum atomic E-state index is -3.55. The van der Waals surface area contributed by atoms with Crippen molar-refractivity contribution < 1.29 is 26.9 Å². The van der Waals surface area contributed by atoms with Crippen LogP contribution in [-0.2, 0) is 14.9 Å². The van der Waals surface area contributed by atoms with Crippen LogP contribution in [0.5, 0.6) is 17.2 Å². The number of rotatable bonds is 10. The maximum Gasteiger partial charge on any atom is 0.311 e. The summed E-state index contributed by atoms with van der Waals surface area (Å²) < 4.78 is 38.4. The zero-order valence-electron chi connectivity index (χ0n) is 17.3. The Morgan fingerprint density at radius 3 is 2.34 bits per heavy atom. The van der Waals surface area contributed by atoms with Crippen LogP contribution in [0.15, 0.2) is 42.5 Å². The molecule has 2 aromatic carbocycles. The first-order chi connectivity index (χ1) is 13.7. The molecule has 0 saturated carbocycles. The van der Waals surface area contributed by atoms with Crippen molar-refractivity contribution in [3.8, 4) is 17.2 Å². The van der Waals surface area contributed by atoms with Gasteiger partial charge in [0.25, 0.3) is 0 Å². The fraction of sp³-hybridized carbons (Fsp3) is 0.409. The molecule has 0 heterocycles. The van der Waals surface area contributed by atoms with Gasteiger partial charge in [0.1, 0.15) is 17.2 Å². The van der Waals surface area contributed by atoms with Gasteiger partial charge in [-0.1, -0.05) is 32.4 Å². The largest absolute Gasteiger partial charge is 0.493 e. The molecule has 1 atom stereocenters. The molecule has 6 nitrogen and oxygen atoms in total. The minimum absolute atomic E-state index is 0.0660. The number of ether oxygens (including phenoxy) is 2. The van der Waals surface area contributed by atoms with Crippen LogP contribution >= 0.6 is 0 Å². The van der Waals surface area contributed by atoms with Gasteiger partial charge in [0, 0.05) is 12.3 Å². The van der Waals surface area contributed by atoms with E-state index in [1.54, 1.807) is 30.3 Å². The molecule has 0 aliphatic heterocycles. The van der Waals surface area contributed by atoms with Crippen LogP contribution in [0.2, 0.25) is 0 Å². The van der Waals surface area contributed by atoms with E-state index in [1.807, 2.05) is 32.9 Å². The summed E-state index contributed by atoms with van der Waals surface area (Å²) in [6.07, 6.45) is 3.17. The molecule has 0 aliphatic rings. The summed E-state index contributed by atoms with van der Waals surface area (Å²) in [4.78, 5) is 11.9. The molecule has 0 bridgehead atoms. The lowest BCUT2D eigenvalue weighted by molar-refractivity contribution is -0.134. The van der Waals surface area contributed by atoms with Gasteiger partial charge in [0.05, 0.1) is 12.9 Å². The van der Waals surface area contributed by atoms with Crippen LogP contribution in [0, 0.1) is 6.92 Å². The maximum atomic E-state index is 11.9. The molecule has 0 aliphatic carbocycles. The second-order valence-electron chi connectivity index (χ2n) is 7.02. The molecule has 158 valence electrons.